The normalized spacial score (nSPS) is 11.4. The third-order valence-corrected chi connectivity index (χ3v) is 4.46. The van der Waals surface area contributed by atoms with Crippen molar-refractivity contribution < 1.29 is 22.4 Å². The van der Waals surface area contributed by atoms with Crippen molar-refractivity contribution in [3.05, 3.63) is 65.9 Å². The fraction of sp³-hybridized carbons (Fsp3) is 0.250. The first-order chi connectivity index (χ1) is 14.3. The van der Waals surface area contributed by atoms with E-state index in [9.17, 15) is 22.4 Å². The Kier molecular flexibility index (Phi) is 6.04. The van der Waals surface area contributed by atoms with Gasteiger partial charge in [0.25, 0.3) is 5.91 Å². The molecule has 0 bridgehead atoms. The Labute approximate surface area is 170 Å². The molecule has 2 aromatic heterocycles. The summed E-state index contributed by atoms with van der Waals surface area (Å²) >= 11 is 0. The van der Waals surface area contributed by atoms with Crippen molar-refractivity contribution in [2.45, 2.75) is 20.0 Å². The standard InChI is InChI=1S/C20H19F4N5O/c1-3-28(4-2)17-10-9-13(11-25-17)27-19(30)14-12-26-29(18(14)20(22,23)24)16-8-6-5-7-15(16)21/h5-12H,3-4H2,1-2H3,(H,27,30). The highest BCUT2D eigenvalue weighted by atomic mass is 19.4. The van der Waals surface area contributed by atoms with Gasteiger partial charge in [0.05, 0.1) is 23.6 Å². The molecule has 2 heterocycles. The molecule has 1 N–H and O–H groups in total. The summed E-state index contributed by atoms with van der Waals surface area (Å²) in [6.45, 7) is 5.40. The van der Waals surface area contributed by atoms with Crippen molar-refractivity contribution in [2.24, 2.45) is 0 Å². The summed E-state index contributed by atoms with van der Waals surface area (Å²) < 4.78 is 55.5. The smallest absolute Gasteiger partial charge is 0.357 e. The number of carbonyl (C=O) groups is 1. The van der Waals surface area contributed by atoms with E-state index in [-0.39, 0.29) is 5.69 Å². The van der Waals surface area contributed by atoms with E-state index in [4.69, 9.17) is 0 Å². The molecular formula is C20H19F4N5O. The first-order valence-corrected chi connectivity index (χ1v) is 9.18. The van der Waals surface area contributed by atoms with Crippen molar-refractivity contribution in [2.75, 3.05) is 23.3 Å². The molecule has 158 valence electrons. The van der Waals surface area contributed by atoms with E-state index in [1.807, 2.05) is 18.7 Å². The Morgan fingerprint density at radius 3 is 2.37 bits per heavy atom. The van der Waals surface area contributed by atoms with Crippen LogP contribution in [-0.2, 0) is 6.18 Å². The lowest BCUT2D eigenvalue weighted by atomic mass is 10.2. The van der Waals surface area contributed by atoms with Gasteiger partial charge in [0, 0.05) is 13.1 Å². The topological polar surface area (TPSA) is 63.1 Å². The first kappa shape index (κ1) is 21.3. The van der Waals surface area contributed by atoms with E-state index in [0.717, 1.165) is 31.4 Å². The average molecular weight is 421 g/mol. The van der Waals surface area contributed by atoms with Crippen LogP contribution in [0, 0.1) is 5.82 Å². The Morgan fingerprint density at radius 2 is 1.80 bits per heavy atom. The monoisotopic (exact) mass is 421 g/mol. The molecule has 0 saturated heterocycles. The van der Waals surface area contributed by atoms with Crippen molar-refractivity contribution >= 4 is 17.4 Å². The van der Waals surface area contributed by atoms with Crippen LogP contribution in [0.1, 0.15) is 29.9 Å². The lowest BCUT2D eigenvalue weighted by Crippen LogP contribution is -2.23. The number of anilines is 2. The van der Waals surface area contributed by atoms with Gasteiger partial charge in [0.1, 0.15) is 17.3 Å². The number of hydrogen-bond donors (Lipinski definition) is 1. The van der Waals surface area contributed by atoms with Gasteiger partial charge in [-0.05, 0) is 38.1 Å². The number of benzene rings is 1. The van der Waals surface area contributed by atoms with Crippen LogP contribution in [0.15, 0.2) is 48.8 Å². The summed E-state index contributed by atoms with van der Waals surface area (Å²) in [6.07, 6.45) is -2.81. The zero-order valence-electron chi connectivity index (χ0n) is 16.2. The second-order valence-electron chi connectivity index (χ2n) is 6.30. The third kappa shape index (κ3) is 4.27. The molecular weight excluding hydrogens is 402 g/mol. The zero-order chi connectivity index (χ0) is 21.9. The van der Waals surface area contributed by atoms with Gasteiger partial charge < -0.3 is 10.2 Å². The molecule has 0 unspecified atom stereocenters. The number of hydrogen-bond acceptors (Lipinski definition) is 4. The number of halogens is 4. The Bertz CT molecular complexity index is 1030. The largest absolute Gasteiger partial charge is 0.434 e. The molecule has 10 heteroatoms. The zero-order valence-corrected chi connectivity index (χ0v) is 16.2. The molecule has 1 amide bonds. The van der Waals surface area contributed by atoms with Crippen molar-refractivity contribution in [3.8, 4) is 5.69 Å². The molecule has 0 aliphatic rings. The first-order valence-electron chi connectivity index (χ1n) is 9.18. The fourth-order valence-electron chi connectivity index (χ4n) is 2.99. The number of rotatable bonds is 6. The number of aromatic nitrogens is 3. The summed E-state index contributed by atoms with van der Waals surface area (Å²) in [7, 11) is 0. The van der Waals surface area contributed by atoms with Crippen molar-refractivity contribution in [3.63, 3.8) is 0 Å². The molecule has 3 rings (SSSR count). The lowest BCUT2D eigenvalue weighted by molar-refractivity contribution is -0.143. The quantitative estimate of drug-likeness (QED) is 0.595. The minimum atomic E-state index is -4.93. The van der Waals surface area contributed by atoms with Gasteiger partial charge in [0.15, 0.2) is 5.69 Å². The number of nitrogens with one attached hydrogen (secondary N) is 1. The Balaban J connectivity index is 1.92. The summed E-state index contributed by atoms with van der Waals surface area (Å²) in [5.41, 5.74) is -2.27. The lowest BCUT2D eigenvalue weighted by Gasteiger charge is -2.19. The number of amides is 1. The van der Waals surface area contributed by atoms with Crippen LogP contribution < -0.4 is 10.2 Å². The second-order valence-corrected chi connectivity index (χ2v) is 6.30. The molecule has 0 saturated carbocycles. The van der Waals surface area contributed by atoms with Gasteiger partial charge >= 0.3 is 6.18 Å². The van der Waals surface area contributed by atoms with Crippen LogP contribution in [-0.4, -0.2) is 33.8 Å². The summed E-state index contributed by atoms with van der Waals surface area (Å²) in [5, 5.41) is 5.99. The maximum Gasteiger partial charge on any atom is 0.434 e. The molecule has 3 aromatic rings. The molecule has 1 aromatic carbocycles. The van der Waals surface area contributed by atoms with Gasteiger partial charge in [-0.1, -0.05) is 12.1 Å². The molecule has 30 heavy (non-hydrogen) atoms. The van der Waals surface area contributed by atoms with E-state index < -0.39 is 34.8 Å². The number of carbonyl (C=O) groups excluding carboxylic acids is 1. The van der Waals surface area contributed by atoms with Gasteiger partial charge in [0.2, 0.25) is 0 Å². The van der Waals surface area contributed by atoms with Crippen molar-refractivity contribution in [1.29, 1.82) is 0 Å². The van der Waals surface area contributed by atoms with E-state index in [0.29, 0.717) is 10.5 Å². The third-order valence-electron chi connectivity index (χ3n) is 4.46. The van der Waals surface area contributed by atoms with Gasteiger partial charge in [-0.15, -0.1) is 0 Å². The number of pyridine rings is 1. The summed E-state index contributed by atoms with van der Waals surface area (Å²) in [4.78, 5) is 18.7. The predicted molar refractivity (Wildman–Crippen MR) is 104 cm³/mol. The Morgan fingerprint density at radius 1 is 1.10 bits per heavy atom. The number of nitrogens with zero attached hydrogens (tertiary/aromatic N) is 4. The SMILES string of the molecule is CCN(CC)c1ccc(NC(=O)c2cnn(-c3ccccc3F)c2C(F)(F)F)cn1. The van der Waals surface area contributed by atoms with Gasteiger partial charge in [-0.25, -0.2) is 14.1 Å². The summed E-state index contributed by atoms with van der Waals surface area (Å²) in [6, 6.07) is 8.10. The molecule has 0 spiro atoms. The highest BCUT2D eigenvalue weighted by molar-refractivity contribution is 6.05. The van der Waals surface area contributed by atoms with E-state index in [1.165, 1.54) is 18.3 Å². The highest BCUT2D eigenvalue weighted by Crippen LogP contribution is 2.34. The van der Waals surface area contributed by atoms with E-state index in [2.05, 4.69) is 15.4 Å². The second kappa shape index (κ2) is 8.52. The molecule has 0 aliphatic carbocycles. The molecule has 0 atom stereocenters. The molecule has 0 aliphatic heterocycles. The molecule has 6 nitrogen and oxygen atoms in total. The Hall–Kier alpha value is -3.43. The minimum absolute atomic E-state index is 0.225. The van der Waals surface area contributed by atoms with Gasteiger partial charge in [-0.2, -0.15) is 18.3 Å². The fourth-order valence-corrected chi connectivity index (χ4v) is 2.99. The maximum absolute atomic E-state index is 14.0. The van der Waals surface area contributed by atoms with E-state index in [1.54, 1.807) is 12.1 Å². The average Bonchev–Trinajstić information content (AvgIpc) is 3.16. The van der Waals surface area contributed by atoms with Crippen LogP contribution in [0.25, 0.3) is 5.69 Å². The number of alkyl halides is 3. The van der Waals surface area contributed by atoms with Crippen LogP contribution in [0.3, 0.4) is 0 Å². The predicted octanol–water partition coefficient (Wildman–Crippen LogP) is 4.52. The van der Waals surface area contributed by atoms with Gasteiger partial charge in [-0.3, -0.25) is 4.79 Å². The van der Waals surface area contributed by atoms with Crippen LogP contribution in [0.2, 0.25) is 0 Å². The minimum Gasteiger partial charge on any atom is -0.357 e. The molecule has 0 radical (unpaired) electrons. The van der Waals surface area contributed by atoms with Crippen LogP contribution in [0.5, 0.6) is 0 Å². The number of para-hydroxylation sites is 1. The van der Waals surface area contributed by atoms with Crippen molar-refractivity contribution in [1.82, 2.24) is 14.8 Å². The maximum atomic E-state index is 14.0. The highest BCUT2D eigenvalue weighted by Gasteiger charge is 2.41. The van der Waals surface area contributed by atoms with Crippen LogP contribution >= 0.6 is 0 Å². The molecule has 0 fully saturated rings. The van der Waals surface area contributed by atoms with Crippen LogP contribution in [0.4, 0.5) is 29.1 Å². The van der Waals surface area contributed by atoms with E-state index >= 15 is 0 Å². The summed E-state index contributed by atoms with van der Waals surface area (Å²) in [5.74, 6) is -1.24.